The van der Waals surface area contributed by atoms with Crippen LogP contribution in [0.4, 0.5) is 0 Å². The van der Waals surface area contributed by atoms with E-state index < -0.39 is 0 Å². The van der Waals surface area contributed by atoms with Crippen LogP contribution < -0.4 is 4.74 Å². The van der Waals surface area contributed by atoms with Crippen molar-refractivity contribution in [3.8, 4) is 5.75 Å². The molecule has 0 unspecified atom stereocenters. The van der Waals surface area contributed by atoms with Crippen molar-refractivity contribution in [3.05, 3.63) is 42.0 Å². The third kappa shape index (κ3) is 5.70. The molecular weight excluding hydrogens is 284 g/mol. The van der Waals surface area contributed by atoms with Gasteiger partial charge in [0, 0.05) is 12.8 Å². The molecule has 0 N–H and O–H groups in total. The number of carbonyl (C=O) groups excluding carboxylic acids is 1. The topological polar surface area (TPSA) is 26.3 Å². The molecule has 0 aliphatic heterocycles. The second-order valence-corrected chi connectivity index (χ2v) is 6.28. The molecule has 124 valence electrons. The van der Waals surface area contributed by atoms with Gasteiger partial charge in [-0.3, -0.25) is 4.79 Å². The van der Waals surface area contributed by atoms with E-state index in [1.807, 2.05) is 12.1 Å². The fraction of sp³-hybridized carbons (Fsp3) is 0.476. The van der Waals surface area contributed by atoms with Gasteiger partial charge in [0.15, 0.2) is 0 Å². The van der Waals surface area contributed by atoms with Crippen molar-refractivity contribution in [1.82, 2.24) is 0 Å². The van der Waals surface area contributed by atoms with E-state index in [9.17, 15) is 4.79 Å². The molecular formula is C21H28O2. The number of methoxy groups -OCH3 is 1. The second-order valence-electron chi connectivity index (χ2n) is 6.28. The Labute approximate surface area is 139 Å². The van der Waals surface area contributed by atoms with Crippen LogP contribution >= 0.6 is 0 Å². The number of rotatable bonds is 10. The van der Waals surface area contributed by atoms with Gasteiger partial charge in [0.2, 0.25) is 0 Å². The summed E-state index contributed by atoms with van der Waals surface area (Å²) in [6.45, 7) is 2.23. The van der Waals surface area contributed by atoms with Gasteiger partial charge in [0.05, 0.1) is 7.11 Å². The standard InChI is InChI=1S/C21H28O2/c1-3-4-5-6-7-8-9-20(22)15-17-10-11-19-16-21(23-2)13-12-18(19)14-17/h10-14,16H,3-9,15H2,1-2H3. The summed E-state index contributed by atoms with van der Waals surface area (Å²) in [7, 11) is 1.68. The molecule has 0 spiro atoms. The fourth-order valence-corrected chi connectivity index (χ4v) is 2.93. The Morgan fingerprint density at radius 2 is 1.61 bits per heavy atom. The quantitative estimate of drug-likeness (QED) is 0.525. The van der Waals surface area contributed by atoms with Crippen LogP contribution in [0.2, 0.25) is 0 Å². The second kappa shape index (κ2) is 9.34. The highest BCUT2D eigenvalue weighted by atomic mass is 16.5. The molecule has 2 heteroatoms. The maximum absolute atomic E-state index is 12.1. The number of hydrogen-bond acceptors (Lipinski definition) is 2. The van der Waals surface area contributed by atoms with E-state index in [1.54, 1.807) is 7.11 Å². The van der Waals surface area contributed by atoms with Crippen molar-refractivity contribution >= 4 is 16.6 Å². The third-order valence-corrected chi connectivity index (χ3v) is 4.32. The number of carbonyl (C=O) groups is 1. The Balaban J connectivity index is 1.82. The van der Waals surface area contributed by atoms with E-state index in [4.69, 9.17) is 4.74 Å². The number of ketones is 1. The van der Waals surface area contributed by atoms with Crippen LogP contribution in [0, 0.1) is 0 Å². The van der Waals surface area contributed by atoms with Crippen molar-refractivity contribution in [2.24, 2.45) is 0 Å². The van der Waals surface area contributed by atoms with E-state index in [-0.39, 0.29) is 0 Å². The van der Waals surface area contributed by atoms with Crippen LogP contribution in [-0.2, 0) is 11.2 Å². The molecule has 0 aromatic heterocycles. The zero-order chi connectivity index (χ0) is 16.5. The summed E-state index contributed by atoms with van der Waals surface area (Å²) in [5.74, 6) is 1.22. The smallest absolute Gasteiger partial charge is 0.137 e. The Bertz CT molecular complexity index is 631. The Morgan fingerprint density at radius 3 is 2.39 bits per heavy atom. The monoisotopic (exact) mass is 312 g/mol. The van der Waals surface area contributed by atoms with Crippen LogP contribution in [0.3, 0.4) is 0 Å². The maximum atomic E-state index is 12.1. The SMILES string of the molecule is CCCCCCCCC(=O)Cc1ccc2cc(OC)ccc2c1. The summed E-state index contributed by atoms with van der Waals surface area (Å²) in [6, 6.07) is 12.3. The molecule has 0 saturated heterocycles. The first-order chi connectivity index (χ1) is 11.2. The number of unbranched alkanes of at least 4 members (excludes halogenated alkanes) is 5. The Hall–Kier alpha value is -1.83. The molecule has 2 aromatic rings. The summed E-state index contributed by atoms with van der Waals surface area (Å²) in [6.07, 6.45) is 8.64. The molecule has 23 heavy (non-hydrogen) atoms. The first-order valence-electron chi connectivity index (χ1n) is 8.81. The van der Waals surface area contributed by atoms with E-state index in [2.05, 4.69) is 31.2 Å². The third-order valence-electron chi connectivity index (χ3n) is 4.32. The summed E-state index contributed by atoms with van der Waals surface area (Å²) < 4.78 is 5.24. The van der Waals surface area contributed by atoms with Gasteiger partial charge in [-0.25, -0.2) is 0 Å². The van der Waals surface area contributed by atoms with Gasteiger partial charge in [0.1, 0.15) is 11.5 Å². The highest BCUT2D eigenvalue weighted by Crippen LogP contribution is 2.22. The molecule has 0 bridgehead atoms. The van der Waals surface area contributed by atoms with Crippen LogP contribution in [-0.4, -0.2) is 12.9 Å². The number of benzene rings is 2. The lowest BCUT2D eigenvalue weighted by Crippen LogP contribution is -2.02. The van der Waals surface area contributed by atoms with E-state index >= 15 is 0 Å². The first kappa shape index (κ1) is 17.5. The molecule has 2 aromatic carbocycles. The lowest BCUT2D eigenvalue weighted by molar-refractivity contribution is -0.118. The predicted molar refractivity (Wildman–Crippen MR) is 97.2 cm³/mol. The average molecular weight is 312 g/mol. The van der Waals surface area contributed by atoms with Crippen LogP contribution in [0.1, 0.15) is 57.4 Å². The molecule has 0 heterocycles. The molecule has 0 saturated carbocycles. The van der Waals surface area contributed by atoms with Gasteiger partial charge in [-0.05, 0) is 34.9 Å². The van der Waals surface area contributed by atoms with Crippen molar-refractivity contribution in [2.45, 2.75) is 58.3 Å². The van der Waals surface area contributed by atoms with Crippen molar-refractivity contribution in [3.63, 3.8) is 0 Å². The highest BCUT2D eigenvalue weighted by Gasteiger charge is 2.05. The van der Waals surface area contributed by atoms with Crippen molar-refractivity contribution < 1.29 is 9.53 Å². The zero-order valence-corrected chi connectivity index (χ0v) is 14.4. The zero-order valence-electron chi connectivity index (χ0n) is 14.4. The molecule has 0 aliphatic carbocycles. The van der Waals surface area contributed by atoms with Gasteiger partial charge < -0.3 is 4.74 Å². The Morgan fingerprint density at radius 1 is 0.913 bits per heavy atom. The molecule has 2 rings (SSSR count). The fourth-order valence-electron chi connectivity index (χ4n) is 2.93. The maximum Gasteiger partial charge on any atom is 0.137 e. The molecule has 0 amide bonds. The van der Waals surface area contributed by atoms with Crippen molar-refractivity contribution in [1.29, 1.82) is 0 Å². The van der Waals surface area contributed by atoms with Gasteiger partial charge in [-0.1, -0.05) is 63.3 Å². The van der Waals surface area contributed by atoms with E-state index in [1.165, 1.54) is 32.1 Å². The van der Waals surface area contributed by atoms with Gasteiger partial charge in [0.25, 0.3) is 0 Å². The predicted octanol–water partition coefficient (Wildman–Crippen LogP) is 5.71. The average Bonchev–Trinajstić information content (AvgIpc) is 2.57. The molecule has 0 atom stereocenters. The van der Waals surface area contributed by atoms with E-state index in [0.29, 0.717) is 18.6 Å². The van der Waals surface area contributed by atoms with Crippen LogP contribution in [0.5, 0.6) is 5.75 Å². The molecule has 0 aliphatic rings. The van der Waals surface area contributed by atoms with Gasteiger partial charge in [-0.15, -0.1) is 0 Å². The summed E-state index contributed by atoms with van der Waals surface area (Å²) in [5, 5.41) is 2.31. The minimum Gasteiger partial charge on any atom is -0.497 e. The molecule has 0 radical (unpaired) electrons. The summed E-state index contributed by atoms with van der Waals surface area (Å²) in [5.41, 5.74) is 1.11. The number of hydrogen-bond donors (Lipinski definition) is 0. The first-order valence-corrected chi connectivity index (χ1v) is 8.81. The Kier molecular flexibility index (Phi) is 7.12. The van der Waals surface area contributed by atoms with Gasteiger partial charge >= 0.3 is 0 Å². The van der Waals surface area contributed by atoms with E-state index in [0.717, 1.165) is 28.5 Å². The molecule has 0 fully saturated rings. The number of Topliss-reactive ketones (excluding diaryl/α,β-unsaturated/α-hetero) is 1. The van der Waals surface area contributed by atoms with Crippen LogP contribution in [0.15, 0.2) is 36.4 Å². The van der Waals surface area contributed by atoms with Gasteiger partial charge in [-0.2, -0.15) is 0 Å². The summed E-state index contributed by atoms with van der Waals surface area (Å²) in [4.78, 5) is 12.1. The highest BCUT2D eigenvalue weighted by molar-refractivity contribution is 5.87. The van der Waals surface area contributed by atoms with Crippen LogP contribution in [0.25, 0.3) is 10.8 Å². The van der Waals surface area contributed by atoms with Crippen molar-refractivity contribution in [2.75, 3.05) is 7.11 Å². The number of fused-ring (bicyclic) bond motifs is 1. The lowest BCUT2D eigenvalue weighted by atomic mass is 10.0. The minimum atomic E-state index is 0.355. The largest absolute Gasteiger partial charge is 0.497 e. The lowest BCUT2D eigenvalue weighted by Gasteiger charge is -2.06. The normalized spacial score (nSPS) is 10.9. The molecule has 2 nitrogen and oxygen atoms in total. The number of ether oxygens (including phenoxy) is 1. The summed E-state index contributed by atoms with van der Waals surface area (Å²) >= 11 is 0. The minimum absolute atomic E-state index is 0.355.